The number of benzene rings is 1. The summed E-state index contributed by atoms with van der Waals surface area (Å²) in [6.45, 7) is 5.31. The molecule has 0 saturated heterocycles. The molecule has 1 atom stereocenters. The van der Waals surface area contributed by atoms with Crippen molar-refractivity contribution in [1.82, 2.24) is 15.1 Å². The van der Waals surface area contributed by atoms with Gasteiger partial charge in [0.15, 0.2) is 0 Å². The van der Waals surface area contributed by atoms with Crippen LogP contribution in [-0.2, 0) is 6.54 Å². The molecule has 1 unspecified atom stereocenters. The molecule has 1 aromatic heterocycles. The number of hydrogen-bond donors (Lipinski definition) is 1. The lowest BCUT2D eigenvalue weighted by Crippen LogP contribution is -2.26. The van der Waals surface area contributed by atoms with Crippen LogP contribution in [0.3, 0.4) is 0 Å². The van der Waals surface area contributed by atoms with E-state index in [9.17, 15) is 8.78 Å². The van der Waals surface area contributed by atoms with Crippen LogP contribution in [0.2, 0.25) is 5.02 Å². The molecule has 0 spiro atoms. The van der Waals surface area contributed by atoms with Crippen molar-refractivity contribution in [3.8, 4) is 0 Å². The zero-order valence-corrected chi connectivity index (χ0v) is 12.8. The first-order valence-corrected chi connectivity index (χ1v) is 7.35. The maximum atomic E-state index is 14.2. The van der Waals surface area contributed by atoms with Crippen LogP contribution in [0.25, 0.3) is 0 Å². The molecule has 1 aromatic carbocycles. The van der Waals surface area contributed by atoms with Crippen molar-refractivity contribution in [1.29, 1.82) is 0 Å². The summed E-state index contributed by atoms with van der Waals surface area (Å²) in [7, 11) is 0. The van der Waals surface area contributed by atoms with Crippen LogP contribution < -0.4 is 5.32 Å². The zero-order chi connectivity index (χ0) is 15.4. The maximum absolute atomic E-state index is 14.2. The van der Waals surface area contributed by atoms with E-state index in [0.717, 1.165) is 24.2 Å². The predicted molar refractivity (Wildman–Crippen MR) is 79.4 cm³/mol. The first-order chi connectivity index (χ1) is 10.1. The van der Waals surface area contributed by atoms with E-state index in [-0.39, 0.29) is 10.6 Å². The van der Waals surface area contributed by atoms with Crippen molar-refractivity contribution >= 4 is 11.6 Å². The third-order valence-corrected chi connectivity index (χ3v) is 3.58. The summed E-state index contributed by atoms with van der Waals surface area (Å²) < 4.78 is 29.7. The summed E-state index contributed by atoms with van der Waals surface area (Å²) in [5, 5.41) is 7.22. The van der Waals surface area contributed by atoms with E-state index in [2.05, 4.69) is 10.4 Å². The Labute approximate surface area is 127 Å². The first-order valence-electron chi connectivity index (χ1n) is 6.98. The summed E-state index contributed by atoms with van der Waals surface area (Å²) in [4.78, 5) is 0. The summed E-state index contributed by atoms with van der Waals surface area (Å²) in [6, 6.07) is 3.51. The van der Waals surface area contributed by atoms with Gasteiger partial charge in [0.1, 0.15) is 11.6 Å². The van der Waals surface area contributed by atoms with Gasteiger partial charge in [0.25, 0.3) is 0 Å². The number of aryl methyl sites for hydroxylation is 1. The minimum atomic E-state index is -0.626. The maximum Gasteiger partial charge on any atom is 0.142 e. The van der Waals surface area contributed by atoms with E-state index in [0.29, 0.717) is 13.1 Å². The van der Waals surface area contributed by atoms with Gasteiger partial charge in [0, 0.05) is 18.3 Å². The second-order valence-electron chi connectivity index (χ2n) is 4.75. The highest BCUT2D eigenvalue weighted by atomic mass is 35.5. The fourth-order valence-electron chi connectivity index (χ4n) is 2.27. The summed E-state index contributed by atoms with van der Waals surface area (Å²) >= 11 is 5.63. The predicted octanol–water partition coefficient (Wildman–Crippen LogP) is 3.92. The fraction of sp³-hybridized carbons (Fsp3) is 0.400. The second-order valence-corrected chi connectivity index (χ2v) is 5.15. The molecular weight excluding hydrogens is 296 g/mol. The standard InChI is InChI=1S/C15H18ClF2N3/c1-3-6-19-15(14-5-7-20-21(14)4-2)10-8-13(18)11(16)9-12(10)17/h5,7-9,15,19H,3-4,6H2,1-2H3. The molecule has 1 heterocycles. The minimum absolute atomic E-state index is 0.213. The molecule has 2 rings (SSSR count). The highest BCUT2D eigenvalue weighted by molar-refractivity contribution is 6.30. The quantitative estimate of drug-likeness (QED) is 0.819. The second kappa shape index (κ2) is 7.00. The lowest BCUT2D eigenvalue weighted by atomic mass is 10.0. The van der Waals surface area contributed by atoms with E-state index >= 15 is 0 Å². The monoisotopic (exact) mass is 313 g/mol. The third-order valence-electron chi connectivity index (χ3n) is 3.29. The van der Waals surface area contributed by atoms with E-state index in [1.54, 1.807) is 10.9 Å². The van der Waals surface area contributed by atoms with Crippen LogP contribution in [0, 0.1) is 11.6 Å². The Balaban J connectivity index is 2.48. The molecule has 0 bridgehead atoms. The molecule has 0 aliphatic rings. The Morgan fingerprint density at radius 1 is 1.29 bits per heavy atom. The molecule has 0 amide bonds. The Morgan fingerprint density at radius 2 is 2.05 bits per heavy atom. The number of rotatable bonds is 6. The zero-order valence-electron chi connectivity index (χ0n) is 12.0. The van der Waals surface area contributed by atoms with Crippen LogP contribution >= 0.6 is 11.6 Å². The molecule has 0 aliphatic heterocycles. The molecule has 21 heavy (non-hydrogen) atoms. The van der Waals surface area contributed by atoms with Crippen LogP contribution in [0.5, 0.6) is 0 Å². The topological polar surface area (TPSA) is 29.9 Å². The van der Waals surface area contributed by atoms with Gasteiger partial charge < -0.3 is 5.32 Å². The van der Waals surface area contributed by atoms with Gasteiger partial charge in [-0.15, -0.1) is 0 Å². The Morgan fingerprint density at radius 3 is 2.71 bits per heavy atom. The number of nitrogens with zero attached hydrogens (tertiary/aromatic N) is 2. The average Bonchev–Trinajstić information content (AvgIpc) is 2.93. The Bertz CT molecular complexity index is 613. The van der Waals surface area contributed by atoms with Gasteiger partial charge in [0.2, 0.25) is 0 Å². The van der Waals surface area contributed by atoms with Crippen molar-refractivity contribution in [2.45, 2.75) is 32.9 Å². The Kier molecular flexibility index (Phi) is 5.31. The fourth-order valence-corrected chi connectivity index (χ4v) is 2.42. The van der Waals surface area contributed by atoms with E-state index in [1.165, 1.54) is 0 Å². The lowest BCUT2D eigenvalue weighted by molar-refractivity contribution is 0.500. The minimum Gasteiger partial charge on any atom is -0.305 e. The van der Waals surface area contributed by atoms with Gasteiger partial charge in [-0.2, -0.15) is 5.10 Å². The summed E-state index contributed by atoms with van der Waals surface area (Å²) in [6.07, 6.45) is 2.54. The van der Waals surface area contributed by atoms with Crippen LogP contribution in [-0.4, -0.2) is 16.3 Å². The van der Waals surface area contributed by atoms with Gasteiger partial charge >= 0.3 is 0 Å². The third kappa shape index (κ3) is 3.41. The van der Waals surface area contributed by atoms with E-state index < -0.39 is 17.7 Å². The highest BCUT2D eigenvalue weighted by Crippen LogP contribution is 2.28. The number of nitrogens with one attached hydrogen (secondary N) is 1. The molecule has 0 saturated carbocycles. The summed E-state index contributed by atoms with van der Waals surface area (Å²) in [5.41, 5.74) is 1.03. The average molecular weight is 314 g/mol. The van der Waals surface area contributed by atoms with Crippen LogP contribution in [0.4, 0.5) is 8.78 Å². The summed E-state index contributed by atoms with van der Waals surface area (Å²) in [5.74, 6) is -1.15. The SMILES string of the molecule is CCCNC(c1cc(F)c(Cl)cc1F)c1ccnn1CC. The normalized spacial score (nSPS) is 12.6. The molecule has 0 aliphatic carbocycles. The number of hydrogen-bond acceptors (Lipinski definition) is 2. The van der Waals surface area contributed by atoms with Crippen LogP contribution in [0.1, 0.15) is 37.6 Å². The van der Waals surface area contributed by atoms with Gasteiger partial charge in [-0.05, 0) is 38.1 Å². The van der Waals surface area contributed by atoms with E-state index in [1.807, 2.05) is 19.9 Å². The molecule has 6 heteroatoms. The van der Waals surface area contributed by atoms with Gasteiger partial charge in [0.05, 0.1) is 16.8 Å². The molecule has 0 fully saturated rings. The highest BCUT2D eigenvalue weighted by Gasteiger charge is 2.22. The van der Waals surface area contributed by atoms with Crippen molar-refractivity contribution in [3.63, 3.8) is 0 Å². The van der Waals surface area contributed by atoms with Gasteiger partial charge in [-0.3, -0.25) is 4.68 Å². The van der Waals surface area contributed by atoms with Crippen molar-refractivity contribution in [3.05, 3.63) is 52.3 Å². The smallest absolute Gasteiger partial charge is 0.142 e. The lowest BCUT2D eigenvalue weighted by Gasteiger charge is -2.21. The van der Waals surface area contributed by atoms with Crippen LogP contribution in [0.15, 0.2) is 24.4 Å². The van der Waals surface area contributed by atoms with Gasteiger partial charge in [-0.1, -0.05) is 18.5 Å². The molecule has 0 radical (unpaired) electrons. The number of halogens is 3. The number of aromatic nitrogens is 2. The van der Waals surface area contributed by atoms with E-state index in [4.69, 9.17) is 11.6 Å². The molecule has 2 aromatic rings. The molecule has 114 valence electrons. The molecule has 1 N–H and O–H groups in total. The van der Waals surface area contributed by atoms with Crippen molar-refractivity contribution < 1.29 is 8.78 Å². The van der Waals surface area contributed by atoms with Gasteiger partial charge in [-0.25, -0.2) is 8.78 Å². The Hall–Kier alpha value is -1.46. The van der Waals surface area contributed by atoms with Crippen molar-refractivity contribution in [2.24, 2.45) is 0 Å². The molecule has 3 nitrogen and oxygen atoms in total. The first kappa shape index (κ1) is 15.9. The largest absolute Gasteiger partial charge is 0.305 e. The van der Waals surface area contributed by atoms with Crippen molar-refractivity contribution in [2.75, 3.05) is 6.54 Å². The molecular formula is C15H18ClF2N3.